The monoisotopic (exact) mass is 526 g/mol. The first-order chi connectivity index (χ1) is 17.8. The molecule has 0 saturated carbocycles. The van der Waals surface area contributed by atoms with Crippen molar-refractivity contribution in [2.24, 2.45) is 0 Å². The summed E-state index contributed by atoms with van der Waals surface area (Å²) in [4.78, 5) is 22.8. The first-order valence-electron chi connectivity index (χ1n) is 11.6. The standard InChI is InChI=1S/C25H27ClN6O5/c1-4-21(34)29-17-9-14(5-6-18(17)32-8-7-15(11-32)31(2)3)28-25-27-10-16(26)24(30-25)37-20-13-36-22-19(33)12-35-23(20)22/h4-11,19-20,22-23,33H,1,12-13H2,2-3H3,(H,29,34)(H,27,28,30)/t19-,20-,22-,23-/m1/s1. The van der Waals surface area contributed by atoms with E-state index in [2.05, 4.69) is 27.2 Å². The zero-order chi connectivity index (χ0) is 26.1. The lowest BCUT2D eigenvalue weighted by Crippen LogP contribution is -2.34. The van der Waals surface area contributed by atoms with Crippen LogP contribution in [0.5, 0.6) is 5.88 Å². The van der Waals surface area contributed by atoms with Crippen molar-refractivity contribution in [3.8, 4) is 11.6 Å². The molecule has 2 aromatic heterocycles. The van der Waals surface area contributed by atoms with Crippen molar-refractivity contribution in [2.75, 3.05) is 42.8 Å². The van der Waals surface area contributed by atoms with Gasteiger partial charge in [-0.1, -0.05) is 18.2 Å². The Hall–Kier alpha value is -3.64. The summed E-state index contributed by atoms with van der Waals surface area (Å²) in [5.41, 5.74) is 2.97. The number of anilines is 4. The molecule has 2 saturated heterocycles. The minimum atomic E-state index is -0.684. The van der Waals surface area contributed by atoms with Gasteiger partial charge in [0.25, 0.3) is 0 Å². The fourth-order valence-electron chi connectivity index (χ4n) is 4.23. The second kappa shape index (κ2) is 10.4. The highest BCUT2D eigenvalue weighted by Gasteiger charge is 2.48. The number of aromatic nitrogens is 3. The Balaban J connectivity index is 1.37. The molecule has 4 heterocycles. The van der Waals surface area contributed by atoms with Gasteiger partial charge in [-0.3, -0.25) is 4.79 Å². The van der Waals surface area contributed by atoms with Crippen LogP contribution in [0, 0.1) is 0 Å². The van der Waals surface area contributed by atoms with Crippen LogP contribution in [0.15, 0.2) is 55.5 Å². The third kappa shape index (κ3) is 5.25. The largest absolute Gasteiger partial charge is 0.468 e. The summed E-state index contributed by atoms with van der Waals surface area (Å²) in [6.45, 7) is 3.98. The molecule has 1 aromatic carbocycles. The van der Waals surface area contributed by atoms with Gasteiger partial charge in [-0.15, -0.1) is 0 Å². The molecule has 0 unspecified atom stereocenters. The molecule has 194 valence electrons. The number of amides is 1. The van der Waals surface area contributed by atoms with Crippen LogP contribution in [0.2, 0.25) is 5.02 Å². The summed E-state index contributed by atoms with van der Waals surface area (Å²) in [5.74, 6) is 0.0683. The van der Waals surface area contributed by atoms with Gasteiger partial charge in [0, 0.05) is 32.2 Å². The lowest BCUT2D eigenvalue weighted by atomic mass is 10.1. The highest BCUT2D eigenvalue weighted by atomic mass is 35.5. The summed E-state index contributed by atoms with van der Waals surface area (Å²) < 4.78 is 19.1. The number of carbonyl (C=O) groups is 1. The van der Waals surface area contributed by atoms with Crippen molar-refractivity contribution in [3.05, 3.63) is 60.5 Å². The quantitative estimate of drug-likeness (QED) is 0.380. The van der Waals surface area contributed by atoms with Crippen molar-refractivity contribution in [1.29, 1.82) is 0 Å². The SMILES string of the molecule is C=CC(=O)Nc1cc(Nc2ncc(Cl)c(O[C@@H]3CO[C@H]4[C@@H]3OC[C@H]4O)n2)ccc1-n1ccc(N(C)C)c1. The number of ether oxygens (including phenoxy) is 3. The number of nitrogens with zero attached hydrogens (tertiary/aromatic N) is 4. The number of nitrogens with one attached hydrogen (secondary N) is 2. The van der Waals surface area contributed by atoms with Gasteiger partial charge in [-0.2, -0.15) is 4.98 Å². The molecule has 2 aliphatic heterocycles. The number of fused-ring (bicyclic) bond motifs is 1. The number of halogens is 1. The molecule has 1 amide bonds. The summed E-state index contributed by atoms with van der Waals surface area (Å²) in [6.07, 6.45) is 4.54. The average molecular weight is 527 g/mol. The minimum Gasteiger partial charge on any atom is -0.468 e. The van der Waals surface area contributed by atoms with E-state index in [0.717, 1.165) is 11.4 Å². The van der Waals surface area contributed by atoms with E-state index >= 15 is 0 Å². The molecule has 37 heavy (non-hydrogen) atoms. The average Bonchev–Trinajstić information content (AvgIpc) is 3.60. The molecule has 0 bridgehead atoms. The molecule has 3 N–H and O–H groups in total. The van der Waals surface area contributed by atoms with Crippen LogP contribution in [0.4, 0.5) is 23.0 Å². The Morgan fingerprint density at radius 1 is 1.30 bits per heavy atom. The Morgan fingerprint density at radius 2 is 2.11 bits per heavy atom. The number of benzene rings is 1. The molecule has 0 radical (unpaired) electrons. The zero-order valence-electron chi connectivity index (χ0n) is 20.3. The van der Waals surface area contributed by atoms with Crippen molar-refractivity contribution in [1.82, 2.24) is 14.5 Å². The van der Waals surface area contributed by atoms with Crippen LogP contribution in [-0.4, -0.2) is 77.3 Å². The number of carbonyl (C=O) groups excluding carboxylic acids is 1. The predicted octanol–water partition coefficient (Wildman–Crippen LogP) is 2.76. The summed E-state index contributed by atoms with van der Waals surface area (Å²) in [7, 11) is 3.92. The van der Waals surface area contributed by atoms with Gasteiger partial charge in [0.2, 0.25) is 17.7 Å². The fourth-order valence-corrected chi connectivity index (χ4v) is 4.37. The van der Waals surface area contributed by atoms with Gasteiger partial charge in [-0.25, -0.2) is 4.98 Å². The van der Waals surface area contributed by atoms with Crippen LogP contribution in [0.3, 0.4) is 0 Å². The molecule has 2 fully saturated rings. The maximum absolute atomic E-state index is 12.1. The number of rotatable bonds is 8. The van der Waals surface area contributed by atoms with Crippen LogP contribution in [0.25, 0.3) is 5.69 Å². The number of hydrogen-bond acceptors (Lipinski definition) is 9. The van der Waals surface area contributed by atoms with Crippen molar-refractivity contribution in [2.45, 2.75) is 24.4 Å². The summed E-state index contributed by atoms with van der Waals surface area (Å²) >= 11 is 6.29. The first-order valence-corrected chi connectivity index (χ1v) is 12.0. The van der Waals surface area contributed by atoms with Gasteiger partial charge >= 0.3 is 0 Å². The van der Waals surface area contributed by atoms with Crippen molar-refractivity contribution >= 4 is 40.5 Å². The normalized spacial score (nSPS) is 22.4. The molecule has 2 aliphatic rings. The topological polar surface area (TPSA) is 123 Å². The van der Waals surface area contributed by atoms with E-state index < -0.39 is 24.4 Å². The zero-order valence-corrected chi connectivity index (χ0v) is 21.1. The lowest BCUT2D eigenvalue weighted by molar-refractivity contribution is -0.111. The maximum atomic E-state index is 12.1. The van der Waals surface area contributed by atoms with Crippen LogP contribution >= 0.6 is 11.6 Å². The second-order valence-electron chi connectivity index (χ2n) is 8.89. The van der Waals surface area contributed by atoms with Crippen LogP contribution in [-0.2, 0) is 14.3 Å². The number of aliphatic hydroxyl groups excluding tert-OH is 1. The Labute approximate surface area is 218 Å². The molecule has 11 nitrogen and oxygen atoms in total. The number of aliphatic hydroxyl groups is 1. The molecule has 5 rings (SSSR count). The third-order valence-electron chi connectivity index (χ3n) is 6.12. The summed E-state index contributed by atoms with van der Waals surface area (Å²) in [6, 6.07) is 7.46. The molecule has 3 aromatic rings. The van der Waals surface area contributed by atoms with Crippen LogP contribution in [0.1, 0.15) is 0 Å². The molecule has 0 aliphatic carbocycles. The maximum Gasteiger partial charge on any atom is 0.247 e. The molecule has 0 spiro atoms. The predicted molar refractivity (Wildman–Crippen MR) is 139 cm³/mol. The Morgan fingerprint density at radius 3 is 2.86 bits per heavy atom. The highest BCUT2D eigenvalue weighted by Crippen LogP contribution is 2.33. The van der Waals surface area contributed by atoms with Crippen molar-refractivity contribution in [3.63, 3.8) is 0 Å². The molecule has 12 heteroatoms. The van der Waals surface area contributed by atoms with E-state index in [1.165, 1.54) is 12.3 Å². The van der Waals surface area contributed by atoms with Gasteiger partial charge in [0.1, 0.15) is 23.3 Å². The Bertz CT molecular complexity index is 1310. The highest BCUT2D eigenvalue weighted by molar-refractivity contribution is 6.31. The van der Waals surface area contributed by atoms with E-state index in [9.17, 15) is 9.90 Å². The minimum absolute atomic E-state index is 0.166. The smallest absolute Gasteiger partial charge is 0.247 e. The number of hydrogen-bond donors (Lipinski definition) is 3. The lowest BCUT2D eigenvalue weighted by Gasteiger charge is -2.18. The fraction of sp³-hybridized carbons (Fsp3) is 0.320. The first kappa shape index (κ1) is 25.0. The molecular formula is C25H27ClN6O5. The van der Waals surface area contributed by atoms with E-state index in [1.807, 2.05) is 54.2 Å². The molecular weight excluding hydrogens is 500 g/mol. The summed E-state index contributed by atoms with van der Waals surface area (Å²) in [5, 5.41) is 16.2. The second-order valence-corrected chi connectivity index (χ2v) is 9.30. The van der Waals surface area contributed by atoms with E-state index in [0.29, 0.717) is 11.4 Å². The van der Waals surface area contributed by atoms with Gasteiger partial charge in [0.05, 0.1) is 36.5 Å². The van der Waals surface area contributed by atoms with E-state index in [1.54, 1.807) is 6.07 Å². The molecule has 4 atom stereocenters. The van der Waals surface area contributed by atoms with Crippen molar-refractivity contribution < 1.29 is 24.1 Å². The van der Waals surface area contributed by atoms with Gasteiger partial charge in [0.15, 0.2) is 6.10 Å². The van der Waals surface area contributed by atoms with Crippen LogP contribution < -0.4 is 20.3 Å². The van der Waals surface area contributed by atoms with Gasteiger partial charge in [-0.05, 0) is 30.3 Å². The third-order valence-corrected chi connectivity index (χ3v) is 6.38. The Kier molecular flexibility index (Phi) is 7.02. The van der Waals surface area contributed by atoms with E-state index in [4.69, 9.17) is 25.8 Å². The van der Waals surface area contributed by atoms with E-state index in [-0.39, 0.29) is 36.0 Å². The van der Waals surface area contributed by atoms with Gasteiger partial charge < -0.3 is 39.4 Å².